The summed E-state index contributed by atoms with van der Waals surface area (Å²) in [6, 6.07) is 0. The Bertz CT molecular complexity index is 262. The lowest BCUT2D eigenvalue weighted by molar-refractivity contribution is 0.311. The van der Waals surface area contributed by atoms with E-state index in [9.17, 15) is 4.57 Å². The lowest BCUT2D eigenvalue weighted by atomic mass is 10.1. The average molecular weight is 323 g/mol. The molecule has 0 aromatic carbocycles. The van der Waals surface area contributed by atoms with Crippen LogP contribution >= 0.6 is 18.0 Å². The molecular weight excluding hydrogens is 289 g/mol. The molecule has 0 aliphatic rings. The van der Waals surface area contributed by atoms with Crippen molar-refractivity contribution in [3.63, 3.8) is 0 Å². The van der Waals surface area contributed by atoms with E-state index >= 15 is 0 Å². The molecule has 0 aliphatic heterocycles. The zero-order chi connectivity index (χ0) is 15.3. The number of nitrogens with zero attached hydrogens (tertiary/aromatic N) is 1. The third kappa shape index (κ3) is 12.3. The van der Waals surface area contributed by atoms with Crippen molar-refractivity contribution in [3.8, 4) is 0 Å². The van der Waals surface area contributed by atoms with Crippen molar-refractivity contribution in [2.24, 2.45) is 0 Å². The normalized spacial score (nSPS) is 14.7. The molecule has 5 heteroatoms. The zero-order valence-corrected chi connectivity index (χ0v) is 15.6. The van der Waals surface area contributed by atoms with Crippen molar-refractivity contribution in [1.29, 1.82) is 0 Å². The highest BCUT2D eigenvalue weighted by molar-refractivity contribution is 8.56. The minimum atomic E-state index is -2.45. The molecule has 0 bridgehead atoms. The summed E-state index contributed by atoms with van der Waals surface area (Å²) >= 11 is 1.54. The third-order valence-electron chi connectivity index (χ3n) is 3.11. The van der Waals surface area contributed by atoms with E-state index in [4.69, 9.17) is 4.52 Å². The van der Waals surface area contributed by atoms with Crippen molar-refractivity contribution < 1.29 is 9.09 Å². The molecular formula is C15H34NO2PS. The van der Waals surface area contributed by atoms with Gasteiger partial charge < -0.3 is 9.42 Å². The van der Waals surface area contributed by atoms with E-state index < -0.39 is 6.57 Å². The Balaban J connectivity index is 3.79. The Morgan fingerprint density at radius 2 is 1.65 bits per heavy atom. The maximum atomic E-state index is 12.7. The van der Waals surface area contributed by atoms with Crippen LogP contribution in [0.3, 0.4) is 0 Å². The highest BCUT2D eigenvalue weighted by Crippen LogP contribution is 2.59. The second-order valence-electron chi connectivity index (χ2n) is 5.57. The second kappa shape index (κ2) is 13.2. The van der Waals surface area contributed by atoms with Crippen molar-refractivity contribution in [2.75, 3.05) is 39.2 Å². The maximum Gasteiger partial charge on any atom is 0.257 e. The van der Waals surface area contributed by atoms with E-state index in [1.807, 2.05) is 14.1 Å². The predicted octanol–water partition coefficient (Wildman–Crippen LogP) is 5.26. The van der Waals surface area contributed by atoms with Crippen LogP contribution in [0.1, 0.15) is 58.8 Å². The van der Waals surface area contributed by atoms with Gasteiger partial charge in [-0.1, -0.05) is 57.3 Å². The number of rotatable bonds is 14. The molecule has 0 amide bonds. The molecule has 3 nitrogen and oxygen atoms in total. The summed E-state index contributed by atoms with van der Waals surface area (Å²) < 4.78 is 18.4. The summed E-state index contributed by atoms with van der Waals surface area (Å²) in [6.07, 6.45) is 9.11. The predicted molar refractivity (Wildman–Crippen MR) is 93.1 cm³/mol. The topological polar surface area (TPSA) is 29.5 Å². The standard InChI is InChI=1S/C15H34NO2PS/c1-5-7-8-9-10-11-13-18-19(17,14-6-2)20-15-12-16(3)4/h5-15H2,1-4H3. The van der Waals surface area contributed by atoms with Crippen molar-refractivity contribution in [3.05, 3.63) is 0 Å². The van der Waals surface area contributed by atoms with Gasteiger partial charge in [0.25, 0.3) is 6.57 Å². The fraction of sp³-hybridized carbons (Fsp3) is 1.00. The molecule has 0 aliphatic carbocycles. The highest BCUT2D eigenvalue weighted by Gasteiger charge is 2.22. The largest absolute Gasteiger partial charge is 0.321 e. The van der Waals surface area contributed by atoms with Gasteiger partial charge in [-0.25, -0.2) is 0 Å². The average Bonchev–Trinajstić information content (AvgIpc) is 2.37. The third-order valence-corrected chi connectivity index (χ3v) is 8.03. The minimum Gasteiger partial charge on any atom is -0.321 e. The molecule has 0 fully saturated rings. The Kier molecular flexibility index (Phi) is 13.5. The first kappa shape index (κ1) is 20.5. The SMILES string of the molecule is CCCCCCCCOP(=O)(CCC)SCCN(C)C. The summed E-state index contributed by atoms with van der Waals surface area (Å²) in [5, 5.41) is 0. The highest BCUT2D eigenvalue weighted by atomic mass is 32.7. The summed E-state index contributed by atoms with van der Waals surface area (Å²) in [4.78, 5) is 2.12. The molecule has 0 spiro atoms. The van der Waals surface area contributed by atoms with E-state index in [-0.39, 0.29) is 0 Å². The molecule has 122 valence electrons. The van der Waals surface area contributed by atoms with Gasteiger partial charge in [-0.05, 0) is 26.9 Å². The lowest BCUT2D eigenvalue weighted by Gasteiger charge is -2.18. The molecule has 0 saturated carbocycles. The van der Waals surface area contributed by atoms with E-state index in [0.29, 0.717) is 12.8 Å². The Morgan fingerprint density at radius 3 is 2.25 bits per heavy atom. The van der Waals surface area contributed by atoms with Crippen LogP contribution in [-0.4, -0.2) is 44.1 Å². The Morgan fingerprint density at radius 1 is 1.00 bits per heavy atom. The van der Waals surface area contributed by atoms with E-state index in [1.54, 1.807) is 11.4 Å². The molecule has 1 atom stereocenters. The first-order chi connectivity index (χ1) is 9.54. The molecule has 20 heavy (non-hydrogen) atoms. The lowest BCUT2D eigenvalue weighted by Crippen LogP contribution is -2.15. The van der Waals surface area contributed by atoms with Crippen LogP contribution in [0.2, 0.25) is 0 Å². The maximum absolute atomic E-state index is 12.7. The molecule has 0 aromatic rings. The first-order valence-corrected chi connectivity index (χ1v) is 11.5. The van der Waals surface area contributed by atoms with Crippen LogP contribution < -0.4 is 0 Å². The fourth-order valence-corrected chi connectivity index (χ4v) is 6.36. The van der Waals surface area contributed by atoms with Crippen LogP contribution in [0.15, 0.2) is 0 Å². The molecule has 0 saturated heterocycles. The van der Waals surface area contributed by atoms with Gasteiger partial charge in [0.2, 0.25) is 0 Å². The fourth-order valence-electron chi connectivity index (χ4n) is 1.89. The van der Waals surface area contributed by atoms with Gasteiger partial charge >= 0.3 is 0 Å². The minimum absolute atomic E-state index is 0.665. The van der Waals surface area contributed by atoms with Crippen LogP contribution in [-0.2, 0) is 9.09 Å². The van der Waals surface area contributed by atoms with Crippen LogP contribution in [0, 0.1) is 0 Å². The van der Waals surface area contributed by atoms with Gasteiger partial charge in [-0.2, -0.15) is 0 Å². The van der Waals surface area contributed by atoms with Crippen molar-refractivity contribution in [1.82, 2.24) is 4.90 Å². The smallest absolute Gasteiger partial charge is 0.257 e. The van der Waals surface area contributed by atoms with Gasteiger partial charge in [-0.3, -0.25) is 4.57 Å². The van der Waals surface area contributed by atoms with E-state index in [0.717, 1.165) is 25.1 Å². The van der Waals surface area contributed by atoms with Gasteiger partial charge in [0.1, 0.15) is 0 Å². The summed E-state index contributed by atoms with van der Waals surface area (Å²) in [5.41, 5.74) is 0. The summed E-state index contributed by atoms with van der Waals surface area (Å²) in [7, 11) is 4.09. The quantitative estimate of drug-likeness (QED) is 0.322. The van der Waals surface area contributed by atoms with Gasteiger partial charge in [-0.15, -0.1) is 0 Å². The number of unbranched alkanes of at least 4 members (excludes halogenated alkanes) is 5. The molecule has 0 aromatic heterocycles. The van der Waals surface area contributed by atoms with Crippen molar-refractivity contribution in [2.45, 2.75) is 58.8 Å². The molecule has 0 rings (SSSR count). The Labute approximate surface area is 130 Å². The molecule has 0 radical (unpaired) electrons. The van der Waals surface area contributed by atoms with Crippen LogP contribution in [0.4, 0.5) is 0 Å². The first-order valence-electron chi connectivity index (χ1n) is 8.07. The van der Waals surface area contributed by atoms with Crippen LogP contribution in [0.25, 0.3) is 0 Å². The van der Waals surface area contributed by atoms with E-state index in [2.05, 4.69) is 18.7 Å². The Hall–Kier alpha value is 0.500. The molecule has 0 N–H and O–H groups in total. The van der Waals surface area contributed by atoms with Gasteiger partial charge in [0, 0.05) is 18.5 Å². The zero-order valence-electron chi connectivity index (χ0n) is 13.9. The summed E-state index contributed by atoms with van der Waals surface area (Å²) in [5.74, 6) is 0.890. The molecule has 1 unspecified atom stereocenters. The van der Waals surface area contributed by atoms with Gasteiger partial charge in [0.05, 0.1) is 6.61 Å². The second-order valence-corrected chi connectivity index (χ2v) is 10.6. The van der Waals surface area contributed by atoms with Gasteiger partial charge in [0.15, 0.2) is 0 Å². The van der Waals surface area contributed by atoms with Crippen molar-refractivity contribution >= 4 is 18.0 Å². The number of hydrogen-bond donors (Lipinski definition) is 0. The molecule has 0 heterocycles. The van der Waals surface area contributed by atoms with Crippen LogP contribution in [0.5, 0.6) is 0 Å². The van der Waals surface area contributed by atoms with E-state index in [1.165, 1.54) is 32.1 Å². The monoisotopic (exact) mass is 323 g/mol. The summed E-state index contributed by atoms with van der Waals surface area (Å²) in [6.45, 7) is 3.48. The number of hydrogen-bond acceptors (Lipinski definition) is 4.